The minimum Gasteiger partial charge on any atom is -0.365 e. The van der Waals surface area contributed by atoms with Gasteiger partial charge in [0.2, 0.25) is 0 Å². The molecule has 0 saturated carbocycles. The van der Waals surface area contributed by atoms with Crippen LogP contribution in [0.25, 0.3) is 0 Å². The summed E-state index contributed by atoms with van der Waals surface area (Å²) in [6.45, 7) is 8.08. The molecule has 2 amide bonds. The molecule has 0 saturated heterocycles. The number of aryl methyl sites for hydroxylation is 1. The fourth-order valence-corrected chi connectivity index (χ4v) is 4.10. The van der Waals surface area contributed by atoms with Gasteiger partial charge in [-0.3, -0.25) is 14.9 Å². The van der Waals surface area contributed by atoms with Gasteiger partial charge in [0.1, 0.15) is 5.00 Å². The number of nitrogens with one attached hydrogen (secondary N) is 2. The van der Waals surface area contributed by atoms with Gasteiger partial charge in [0.25, 0.3) is 11.8 Å². The number of thiocarbonyl (C=S) groups is 1. The number of carbonyl (C=O) groups excluding carboxylic acids is 2. The lowest BCUT2D eigenvalue weighted by Crippen LogP contribution is -2.34. The number of anilines is 1. The molecule has 0 spiro atoms. The molecule has 26 heavy (non-hydrogen) atoms. The summed E-state index contributed by atoms with van der Waals surface area (Å²) in [5, 5.41) is 6.27. The van der Waals surface area contributed by atoms with Crippen molar-refractivity contribution in [3.63, 3.8) is 0 Å². The predicted molar refractivity (Wildman–Crippen MR) is 111 cm³/mol. The molecule has 0 fully saturated rings. The fourth-order valence-electron chi connectivity index (χ4n) is 2.68. The van der Waals surface area contributed by atoms with Gasteiger partial charge in [-0.1, -0.05) is 32.9 Å². The summed E-state index contributed by atoms with van der Waals surface area (Å²) in [5.41, 5.74) is 8.53. The number of carbonyl (C=O) groups is 2. The van der Waals surface area contributed by atoms with Crippen LogP contribution < -0.4 is 16.4 Å². The lowest BCUT2D eigenvalue weighted by molar-refractivity contribution is 0.0975. The fraction of sp³-hybridized carbons (Fsp3) is 0.316. The smallest absolute Gasteiger partial charge is 0.257 e. The van der Waals surface area contributed by atoms with Gasteiger partial charge in [0, 0.05) is 10.4 Å². The summed E-state index contributed by atoms with van der Waals surface area (Å²) in [6.07, 6.45) is 0.698. The summed E-state index contributed by atoms with van der Waals surface area (Å²) in [5.74, 6) is -0.411. The van der Waals surface area contributed by atoms with Crippen LogP contribution in [0.1, 0.15) is 63.4 Å². The number of hydrogen-bond donors (Lipinski definition) is 3. The van der Waals surface area contributed by atoms with E-state index in [0.29, 0.717) is 28.5 Å². The van der Waals surface area contributed by atoms with Crippen LogP contribution in [0.2, 0.25) is 0 Å². The van der Waals surface area contributed by atoms with Gasteiger partial charge >= 0.3 is 0 Å². The zero-order valence-electron chi connectivity index (χ0n) is 15.3. The first kappa shape index (κ1) is 20.1. The van der Waals surface area contributed by atoms with Gasteiger partial charge in [0.05, 0.1) is 5.56 Å². The Kier molecular flexibility index (Phi) is 6.50. The molecule has 0 bridgehead atoms. The van der Waals surface area contributed by atoms with Crippen LogP contribution >= 0.6 is 23.6 Å². The molecular formula is C19H23N3O2S2. The van der Waals surface area contributed by atoms with Crippen LogP contribution in [0.3, 0.4) is 0 Å². The maximum absolute atomic E-state index is 12.3. The van der Waals surface area contributed by atoms with Gasteiger partial charge in [-0.05, 0) is 54.7 Å². The third kappa shape index (κ3) is 4.47. The highest BCUT2D eigenvalue weighted by molar-refractivity contribution is 7.80. The Balaban J connectivity index is 2.11. The number of primary amides is 1. The number of thiophene rings is 1. The van der Waals surface area contributed by atoms with E-state index in [0.717, 1.165) is 16.0 Å². The van der Waals surface area contributed by atoms with Gasteiger partial charge in [-0.15, -0.1) is 11.3 Å². The average molecular weight is 390 g/mol. The maximum Gasteiger partial charge on any atom is 0.257 e. The van der Waals surface area contributed by atoms with E-state index in [2.05, 4.69) is 24.5 Å². The van der Waals surface area contributed by atoms with Gasteiger partial charge in [-0.25, -0.2) is 0 Å². The maximum atomic E-state index is 12.3. The van der Waals surface area contributed by atoms with Crippen molar-refractivity contribution in [2.75, 3.05) is 5.32 Å². The highest BCUT2D eigenvalue weighted by atomic mass is 32.1. The Morgan fingerprint density at radius 1 is 1.23 bits per heavy atom. The number of benzene rings is 1. The summed E-state index contributed by atoms with van der Waals surface area (Å²) in [4.78, 5) is 25.1. The van der Waals surface area contributed by atoms with Crippen molar-refractivity contribution in [3.05, 3.63) is 51.4 Å². The van der Waals surface area contributed by atoms with Crippen molar-refractivity contribution in [2.24, 2.45) is 5.73 Å². The van der Waals surface area contributed by atoms with E-state index >= 15 is 0 Å². The molecule has 0 aliphatic rings. The first-order chi connectivity index (χ1) is 12.2. The van der Waals surface area contributed by atoms with Crippen LogP contribution in [-0.4, -0.2) is 16.9 Å². The Labute approximate surface area is 163 Å². The summed E-state index contributed by atoms with van der Waals surface area (Å²) < 4.78 is 0. The van der Waals surface area contributed by atoms with E-state index in [9.17, 15) is 9.59 Å². The predicted octanol–water partition coefficient (Wildman–Crippen LogP) is 3.97. The molecule has 0 aliphatic heterocycles. The lowest BCUT2D eigenvalue weighted by Gasteiger charge is -2.10. The third-order valence-electron chi connectivity index (χ3n) is 4.10. The molecular weight excluding hydrogens is 366 g/mol. The standard InChI is InChI=1S/C19H23N3O2S2/c1-5-14-11(4)26-18(15(14)16(20)23)22-19(25)21-17(24)13-8-6-12(7-9-13)10(2)3/h6-10H,5H2,1-4H3,(H2,20,23)(H2,21,22,24,25). The Bertz CT molecular complexity index is 839. The average Bonchev–Trinajstić information content (AvgIpc) is 2.89. The molecule has 138 valence electrons. The van der Waals surface area contributed by atoms with E-state index in [4.69, 9.17) is 18.0 Å². The second kappa shape index (κ2) is 8.42. The normalized spacial score (nSPS) is 10.7. The van der Waals surface area contributed by atoms with Crippen molar-refractivity contribution < 1.29 is 9.59 Å². The van der Waals surface area contributed by atoms with E-state index in [-0.39, 0.29) is 11.0 Å². The van der Waals surface area contributed by atoms with Crippen LogP contribution in [0, 0.1) is 6.92 Å². The van der Waals surface area contributed by atoms with Gasteiger partial charge in [-0.2, -0.15) is 0 Å². The molecule has 7 heteroatoms. The number of nitrogens with two attached hydrogens (primary N) is 1. The molecule has 0 atom stereocenters. The Hall–Kier alpha value is -2.25. The van der Waals surface area contributed by atoms with Crippen molar-refractivity contribution >= 4 is 45.5 Å². The van der Waals surface area contributed by atoms with Crippen molar-refractivity contribution in [1.29, 1.82) is 0 Å². The SMILES string of the molecule is CCc1c(C)sc(NC(=S)NC(=O)c2ccc(C(C)C)cc2)c1C(N)=O. The Morgan fingerprint density at radius 3 is 2.35 bits per heavy atom. The Morgan fingerprint density at radius 2 is 1.85 bits per heavy atom. The zero-order valence-corrected chi connectivity index (χ0v) is 16.9. The molecule has 4 N–H and O–H groups in total. The second-order valence-electron chi connectivity index (χ2n) is 6.24. The van der Waals surface area contributed by atoms with Gasteiger partial charge < -0.3 is 11.1 Å². The molecule has 2 rings (SSSR count). The lowest BCUT2D eigenvalue weighted by atomic mass is 10.0. The monoisotopic (exact) mass is 389 g/mol. The summed E-state index contributed by atoms with van der Waals surface area (Å²) >= 11 is 6.63. The highest BCUT2D eigenvalue weighted by Crippen LogP contribution is 2.33. The van der Waals surface area contributed by atoms with Crippen LogP contribution in [-0.2, 0) is 6.42 Å². The first-order valence-electron chi connectivity index (χ1n) is 8.38. The van der Waals surface area contributed by atoms with E-state index in [1.54, 1.807) is 12.1 Å². The molecule has 0 unspecified atom stereocenters. The summed E-state index contributed by atoms with van der Waals surface area (Å²) in [7, 11) is 0. The first-order valence-corrected chi connectivity index (χ1v) is 9.61. The van der Waals surface area contributed by atoms with Crippen LogP contribution in [0.5, 0.6) is 0 Å². The molecule has 1 aromatic heterocycles. The third-order valence-corrected chi connectivity index (χ3v) is 5.37. The minimum absolute atomic E-state index is 0.134. The topological polar surface area (TPSA) is 84.2 Å². The number of rotatable bonds is 5. The molecule has 2 aromatic rings. The molecule has 0 radical (unpaired) electrons. The number of amides is 2. The second-order valence-corrected chi connectivity index (χ2v) is 7.88. The van der Waals surface area contributed by atoms with Crippen LogP contribution in [0.4, 0.5) is 5.00 Å². The van der Waals surface area contributed by atoms with E-state index in [1.807, 2.05) is 26.0 Å². The molecule has 0 aliphatic carbocycles. The van der Waals surface area contributed by atoms with Crippen molar-refractivity contribution in [1.82, 2.24) is 5.32 Å². The molecule has 5 nitrogen and oxygen atoms in total. The highest BCUT2D eigenvalue weighted by Gasteiger charge is 2.20. The van der Waals surface area contributed by atoms with Gasteiger partial charge in [0.15, 0.2) is 5.11 Å². The van der Waals surface area contributed by atoms with E-state index < -0.39 is 5.91 Å². The largest absolute Gasteiger partial charge is 0.365 e. The zero-order chi connectivity index (χ0) is 19.4. The van der Waals surface area contributed by atoms with Crippen molar-refractivity contribution in [3.8, 4) is 0 Å². The summed E-state index contributed by atoms with van der Waals surface area (Å²) in [6, 6.07) is 7.40. The quantitative estimate of drug-likeness (QED) is 0.676. The molecule has 1 heterocycles. The van der Waals surface area contributed by atoms with Crippen LogP contribution in [0.15, 0.2) is 24.3 Å². The van der Waals surface area contributed by atoms with Crippen molar-refractivity contribution in [2.45, 2.75) is 40.0 Å². The van der Waals surface area contributed by atoms with E-state index in [1.165, 1.54) is 11.3 Å². The number of hydrogen-bond acceptors (Lipinski definition) is 4. The minimum atomic E-state index is -0.507. The molecule has 1 aromatic carbocycles.